The predicted octanol–water partition coefficient (Wildman–Crippen LogP) is 3.78. The Hall–Kier alpha value is -2.62. The zero-order valence-corrected chi connectivity index (χ0v) is 16.2. The quantitative estimate of drug-likeness (QED) is 0.878. The molecule has 1 aliphatic rings. The van der Waals surface area contributed by atoms with E-state index in [2.05, 4.69) is 36.5 Å². The fourth-order valence-corrected chi connectivity index (χ4v) is 3.72. The summed E-state index contributed by atoms with van der Waals surface area (Å²) in [6.07, 6.45) is 2.27. The van der Waals surface area contributed by atoms with E-state index >= 15 is 0 Å². The van der Waals surface area contributed by atoms with Gasteiger partial charge in [0.15, 0.2) is 0 Å². The molecule has 2 aromatic carbocycles. The van der Waals surface area contributed by atoms with E-state index in [1.807, 2.05) is 36.1 Å². The van der Waals surface area contributed by atoms with Crippen LogP contribution < -0.4 is 5.32 Å². The molecule has 4 heteroatoms. The van der Waals surface area contributed by atoms with E-state index in [1.165, 1.54) is 5.56 Å². The van der Waals surface area contributed by atoms with Gasteiger partial charge in [-0.2, -0.15) is 0 Å². The van der Waals surface area contributed by atoms with E-state index in [4.69, 9.17) is 0 Å². The smallest absolute Gasteiger partial charge is 0.251 e. The van der Waals surface area contributed by atoms with Crippen molar-refractivity contribution in [3.63, 3.8) is 0 Å². The van der Waals surface area contributed by atoms with Crippen LogP contribution in [0, 0.1) is 0 Å². The minimum Gasteiger partial charge on any atom is -0.349 e. The molecule has 0 aromatic heterocycles. The fraction of sp³-hybridized carbons (Fsp3) is 0.391. The molecule has 2 amide bonds. The highest BCUT2D eigenvalue weighted by Crippen LogP contribution is 2.35. The highest BCUT2D eigenvalue weighted by atomic mass is 16.2. The highest BCUT2D eigenvalue weighted by molar-refractivity contribution is 5.94. The normalized spacial score (nSPS) is 17.2. The van der Waals surface area contributed by atoms with Crippen molar-refractivity contribution < 1.29 is 9.59 Å². The van der Waals surface area contributed by atoms with Crippen LogP contribution in [0.25, 0.3) is 0 Å². The summed E-state index contributed by atoms with van der Waals surface area (Å²) in [7, 11) is 0. The van der Waals surface area contributed by atoms with Gasteiger partial charge in [-0.15, -0.1) is 0 Å². The first-order chi connectivity index (χ1) is 13.0. The van der Waals surface area contributed by atoms with Crippen molar-refractivity contribution in [2.24, 2.45) is 0 Å². The molecule has 1 heterocycles. The molecule has 0 saturated carbocycles. The third-order valence-corrected chi connectivity index (χ3v) is 5.58. The van der Waals surface area contributed by atoms with Crippen LogP contribution in [-0.4, -0.2) is 35.8 Å². The largest absolute Gasteiger partial charge is 0.349 e. The van der Waals surface area contributed by atoms with Crippen molar-refractivity contribution in [3.8, 4) is 0 Å². The summed E-state index contributed by atoms with van der Waals surface area (Å²) in [4.78, 5) is 26.8. The molecule has 4 nitrogen and oxygen atoms in total. The summed E-state index contributed by atoms with van der Waals surface area (Å²) >= 11 is 0. The molecule has 27 heavy (non-hydrogen) atoms. The van der Waals surface area contributed by atoms with E-state index < -0.39 is 0 Å². The van der Waals surface area contributed by atoms with E-state index in [9.17, 15) is 9.59 Å². The van der Waals surface area contributed by atoms with Crippen LogP contribution >= 0.6 is 0 Å². The van der Waals surface area contributed by atoms with E-state index in [0.717, 1.165) is 25.9 Å². The number of carbonyl (C=O) groups is 2. The molecule has 1 atom stereocenters. The monoisotopic (exact) mass is 364 g/mol. The molecule has 1 unspecified atom stereocenters. The number of nitrogens with one attached hydrogen (secondary N) is 1. The lowest BCUT2D eigenvalue weighted by Crippen LogP contribution is -2.46. The molecule has 2 aromatic rings. The molecule has 1 N–H and O–H groups in total. The van der Waals surface area contributed by atoms with Crippen molar-refractivity contribution in [2.75, 3.05) is 13.1 Å². The number of rotatable bonds is 5. The van der Waals surface area contributed by atoms with Crippen molar-refractivity contribution in [2.45, 2.75) is 44.6 Å². The molecule has 1 saturated heterocycles. The van der Waals surface area contributed by atoms with Crippen LogP contribution in [0.4, 0.5) is 0 Å². The molecule has 0 radical (unpaired) electrons. The molecule has 0 bridgehead atoms. The summed E-state index contributed by atoms with van der Waals surface area (Å²) in [5, 5.41) is 2.92. The number of likely N-dealkylation sites (tertiary alicyclic amines) is 1. The van der Waals surface area contributed by atoms with Gasteiger partial charge in [-0.3, -0.25) is 9.59 Å². The standard InChI is InChI=1S/C23H28N2O2/c1-18(24-22(27)19-9-5-3-6-10-19)17-21(26)25-15-13-23(2,14-16-25)20-11-7-4-8-12-20/h3-12,18H,13-17H2,1-2H3,(H,24,27). The van der Waals surface area contributed by atoms with E-state index in [0.29, 0.717) is 12.0 Å². The summed E-state index contributed by atoms with van der Waals surface area (Å²) in [5.41, 5.74) is 2.10. The number of amides is 2. The van der Waals surface area contributed by atoms with Gasteiger partial charge in [0.2, 0.25) is 5.91 Å². The second-order valence-corrected chi connectivity index (χ2v) is 7.75. The Morgan fingerprint density at radius 3 is 2.15 bits per heavy atom. The van der Waals surface area contributed by atoms with Gasteiger partial charge in [-0.1, -0.05) is 55.5 Å². The summed E-state index contributed by atoms with van der Waals surface area (Å²) in [5.74, 6) is -0.0165. The van der Waals surface area contributed by atoms with Crippen molar-refractivity contribution >= 4 is 11.8 Å². The van der Waals surface area contributed by atoms with Crippen molar-refractivity contribution in [3.05, 3.63) is 71.8 Å². The maximum Gasteiger partial charge on any atom is 0.251 e. The minimum atomic E-state index is -0.187. The first-order valence-electron chi connectivity index (χ1n) is 9.67. The van der Waals surface area contributed by atoms with Crippen LogP contribution in [0.1, 0.15) is 49.0 Å². The molecule has 0 aliphatic carbocycles. The molecule has 1 fully saturated rings. The van der Waals surface area contributed by atoms with Gasteiger partial charge in [0, 0.05) is 31.1 Å². The topological polar surface area (TPSA) is 49.4 Å². The summed E-state index contributed by atoms with van der Waals surface area (Å²) < 4.78 is 0. The van der Waals surface area contributed by atoms with Gasteiger partial charge in [0.1, 0.15) is 0 Å². The molecule has 1 aliphatic heterocycles. The van der Waals surface area contributed by atoms with Crippen molar-refractivity contribution in [1.82, 2.24) is 10.2 Å². The SMILES string of the molecule is CC(CC(=O)N1CCC(C)(c2ccccc2)CC1)NC(=O)c1ccccc1. The average Bonchev–Trinajstić information content (AvgIpc) is 2.69. The Bertz CT molecular complexity index is 765. The van der Waals surface area contributed by atoms with Crippen LogP contribution in [0.15, 0.2) is 60.7 Å². The first-order valence-corrected chi connectivity index (χ1v) is 9.67. The number of benzene rings is 2. The van der Waals surface area contributed by atoms with Crippen LogP contribution in [-0.2, 0) is 10.2 Å². The Kier molecular flexibility index (Phi) is 5.94. The van der Waals surface area contributed by atoms with Gasteiger partial charge >= 0.3 is 0 Å². The van der Waals surface area contributed by atoms with E-state index in [1.54, 1.807) is 12.1 Å². The Morgan fingerprint density at radius 2 is 1.56 bits per heavy atom. The number of hydrogen-bond donors (Lipinski definition) is 1. The maximum absolute atomic E-state index is 12.6. The van der Waals surface area contributed by atoms with Crippen LogP contribution in [0.2, 0.25) is 0 Å². The Balaban J connectivity index is 1.50. The second kappa shape index (κ2) is 8.38. The molecular formula is C23H28N2O2. The lowest BCUT2D eigenvalue weighted by Gasteiger charge is -2.40. The summed E-state index contributed by atoms with van der Waals surface area (Å²) in [6.45, 7) is 5.71. The van der Waals surface area contributed by atoms with Gasteiger partial charge in [-0.05, 0) is 42.9 Å². The zero-order valence-electron chi connectivity index (χ0n) is 16.2. The number of hydrogen-bond acceptors (Lipinski definition) is 2. The van der Waals surface area contributed by atoms with E-state index in [-0.39, 0.29) is 23.3 Å². The van der Waals surface area contributed by atoms with Gasteiger partial charge < -0.3 is 10.2 Å². The third kappa shape index (κ3) is 4.76. The Morgan fingerprint density at radius 1 is 1.00 bits per heavy atom. The average molecular weight is 364 g/mol. The van der Waals surface area contributed by atoms with Gasteiger partial charge in [-0.25, -0.2) is 0 Å². The van der Waals surface area contributed by atoms with Crippen molar-refractivity contribution in [1.29, 1.82) is 0 Å². The summed E-state index contributed by atoms with van der Waals surface area (Å²) in [6, 6.07) is 19.5. The molecule has 0 spiro atoms. The zero-order chi connectivity index (χ0) is 19.3. The molecule has 3 rings (SSSR count). The number of carbonyl (C=O) groups excluding carboxylic acids is 2. The Labute approximate surface area is 161 Å². The maximum atomic E-state index is 12.6. The minimum absolute atomic E-state index is 0.117. The number of nitrogens with zero attached hydrogens (tertiary/aromatic N) is 1. The lowest BCUT2D eigenvalue weighted by atomic mass is 9.74. The van der Waals surface area contributed by atoms with Crippen LogP contribution in [0.5, 0.6) is 0 Å². The van der Waals surface area contributed by atoms with Crippen LogP contribution in [0.3, 0.4) is 0 Å². The highest BCUT2D eigenvalue weighted by Gasteiger charge is 2.33. The number of piperidine rings is 1. The van der Waals surface area contributed by atoms with Gasteiger partial charge in [0.25, 0.3) is 5.91 Å². The first kappa shape index (κ1) is 19.2. The lowest BCUT2D eigenvalue weighted by molar-refractivity contribution is -0.133. The molecular weight excluding hydrogens is 336 g/mol. The fourth-order valence-electron chi connectivity index (χ4n) is 3.72. The third-order valence-electron chi connectivity index (χ3n) is 5.58. The van der Waals surface area contributed by atoms with Gasteiger partial charge in [0.05, 0.1) is 0 Å². The second-order valence-electron chi connectivity index (χ2n) is 7.75. The predicted molar refractivity (Wildman–Crippen MR) is 108 cm³/mol. The molecule has 142 valence electrons.